The van der Waals surface area contributed by atoms with E-state index in [0.717, 1.165) is 10.0 Å². The van der Waals surface area contributed by atoms with Crippen LogP contribution in [0.2, 0.25) is 0 Å². The van der Waals surface area contributed by atoms with Crippen LogP contribution in [0.25, 0.3) is 11.4 Å². The average Bonchev–Trinajstić information content (AvgIpc) is 3.08. The normalized spacial score (nSPS) is 10.6. The Morgan fingerprint density at radius 1 is 1.18 bits per heavy atom. The lowest BCUT2D eigenvalue weighted by Crippen LogP contribution is -2.15. The fraction of sp³-hybridized carbons (Fsp3) is 0.222. The Bertz CT molecular complexity index is 978. The summed E-state index contributed by atoms with van der Waals surface area (Å²) in [7, 11) is 5.02. The van der Waals surface area contributed by atoms with Gasteiger partial charge in [0, 0.05) is 23.3 Å². The van der Waals surface area contributed by atoms with Gasteiger partial charge >= 0.3 is 0 Å². The maximum atomic E-state index is 12.1. The number of carbonyl (C=O) groups excluding carboxylic acids is 1. The predicted molar refractivity (Wildman–Crippen MR) is 111 cm³/mol. The number of hydrogen-bond acceptors (Lipinski definition) is 7. The van der Waals surface area contributed by atoms with Crippen molar-refractivity contribution in [2.24, 2.45) is 7.05 Å². The van der Waals surface area contributed by atoms with Crippen molar-refractivity contribution in [3.63, 3.8) is 0 Å². The van der Waals surface area contributed by atoms with Crippen LogP contribution in [0.4, 0.5) is 5.82 Å². The van der Waals surface area contributed by atoms with E-state index >= 15 is 0 Å². The molecule has 0 unspecified atom stereocenters. The molecule has 0 fully saturated rings. The van der Waals surface area contributed by atoms with E-state index in [1.165, 1.54) is 11.8 Å². The Morgan fingerprint density at radius 3 is 2.64 bits per heavy atom. The van der Waals surface area contributed by atoms with Crippen LogP contribution in [0.3, 0.4) is 0 Å². The summed E-state index contributed by atoms with van der Waals surface area (Å²) >= 11 is 4.60. The quantitative estimate of drug-likeness (QED) is 0.536. The maximum absolute atomic E-state index is 12.1. The van der Waals surface area contributed by atoms with Crippen LogP contribution in [0, 0.1) is 0 Å². The average molecular weight is 464 g/mol. The van der Waals surface area contributed by atoms with Gasteiger partial charge in [-0.3, -0.25) is 4.79 Å². The van der Waals surface area contributed by atoms with Crippen molar-refractivity contribution in [1.29, 1.82) is 0 Å². The molecule has 0 aliphatic rings. The Hall–Kier alpha value is -2.59. The second-order valence-electron chi connectivity index (χ2n) is 5.63. The van der Waals surface area contributed by atoms with E-state index in [4.69, 9.17) is 9.47 Å². The van der Waals surface area contributed by atoms with E-state index in [1.807, 2.05) is 35.9 Å². The third-order valence-corrected chi connectivity index (χ3v) is 5.29. The first-order chi connectivity index (χ1) is 13.5. The zero-order valence-corrected chi connectivity index (χ0v) is 17.9. The molecule has 1 amide bonds. The fourth-order valence-electron chi connectivity index (χ4n) is 2.43. The molecule has 3 aromatic rings. The number of benzene rings is 1. The first-order valence-corrected chi connectivity index (χ1v) is 9.95. The van der Waals surface area contributed by atoms with Gasteiger partial charge in [-0.2, -0.15) is 0 Å². The molecular weight excluding hydrogens is 446 g/mol. The largest absolute Gasteiger partial charge is 0.493 e. The zero-order valence-electron chi connectivity index (χ0n) is 15.5. The van der Waals surface area contributed by atoms with Crippen LogP contribution < -0.4 is 14.8 Å². The molecule has 2 heterocycles. The molecule has 10 heteroatoms. The molecule has 0 radical (unpaired) electrons. The van der Waals surface area contributed by atoms with Crippen LogP contribution in [0.5, 0.6) is 11.5 Å². The highest BCUT2D eigenvalue weighted by Crippen LogP contribution is 2.32. The lowest BCUT2D eigenvalue weighted by molar-refractivity contribution is -0.113. The summed E-state index contributed by atoms with van der Waals surface area (Å²) in [5, 5.41) is 11.8. The topological polar surface area (TPSA) is 91.2 Å². The van der Waals surface area contributed by atoms with Gasteiger partial charge in [0.1, 0.15) is 5.82 Å². The van der Waals surface area contributed by atoms with Gasteiger partial charge in [0.2, 0.25) is 5.91 Å². The summed E-state index contributed by atoms with van der Waals surface area (Å²) in [5.74, 6) is 2.43. The van der Waals surface area contributed by atoms with Gasteiger partial charge in [0.25, 0.3) is 0 Å². The molecule has 0 bridgehead atoms. The number of carbonyl (C=O) groups is 1. The number of thioether (sulfide) groups is 1. The lowest BCUT2D eigenvalue weighted by atomic mass is 10.2. The highest BCUT2D eigenvalue weighted by atomic mass is 79.9. The van der Waals surface area contributed by atoms with Crippen molar-refractivity contribution in [3.05, 3.63) is 41.0 Å². The number of nitrogens with zero attached hydrogens (tertiary/aromatic N) is 4. The monoisotopic (exact) mass is 463 g/mol. The summed E-state index contributed by atoms with van der Waals surface area (Å²) in [4.78, 5) is 16.3. The number of rotatable bonds is 7. The minimum absolute atomic E-state index is 0.171. The molecule has 0 atom stereocenters. The van der Waals surface area contributed by atoms with Gasteiger partial charge in [-0.15, -0.1) is 10.2 Å². The lowest BCUT2D eigenvalue weighted by Gasteiger charge is -2.09. The third kappa shape index (κ3) is 4.63. The molecule has 0 saturated heterocycles. The van der Waals surface area contributed by atoms with Crippen molar-refractivity contribution in [1.82, 2.24) is 19.7 Å². The van der Waals surface area contributed by atoms with E-state index < -0.39 is 0 Å². The predicted octanol–water partition coefficient (Wildman–Crippen LogP) is 3.39. The summed E-state index contributed by atoms with van der Waals surface area (Å²) in [6.45, 7) is 0. The van der Waals surface area contributed by atoms with Gasteiger partial charge in [-0.05, 0) is 46.3 Å². The van der Waals surface area contributed by atoms with E-state index in [-0.39, 0.29) is 11.7 Å². The number of nitrogens with one attached hydrogen (secondary N) is 1. The minimum atomic E-state index is -0.171. The van der Waals surface area contributed by atoms with Gasteiger partial charge in [-0.1, -0.05) is 11.8 Å². The second kappa shape index (κ2) is 9.07. The first kappa shape index (κ1) is 20.2. The number of pyridine rings is 1. The van der Waals surface area contributed by atoms with Crippen molar-refractivity contribution < 1.29 is 14.3 Å². The van der Waals surface area contributed by atoms with Crippen molar-refractivity contribution >= 4 is 39.4 Å². The van der Waals surface area contributed by atoms with E-state index in [0.29, 0.717) is 28.3 Å². The highest BCUT2D eigenvalue weighted by Gasteiger charge is 2.15. The number of ether oxygens (including phenoxy) is 2. The third-order valence-electron chi connectivity index (χ3n) is 3.80. The van der Waals surface area contributed by atoms with E-state index in [1.54, 1.807) is 26.5 Å². The molecule has 0 spiro atoms. The van der Waals surface area contributed by atoms with E-state index in [2.05, 4.69) is 36.4 Å². The van der Waals surface area contributed by atoms with Gasteiger partial charge in [0.05, 0.1) is 20.0 Å². The van der Waals surface area contributed by atoms with Crippen molar-refractivity contribution in [3.8, 4) is 22.9 Å². The smallest absolute Gasteiger partial charge is 0.236 e. The standard InChI is InChI=1S/C18H18BrN5O3S/c1-24-17(11-4-6-13(26-2)14(8-11)27-3)22-23-18(24)28-10-16(25)21-15-7-5-12(19)9-20-15/h4-9H,10H2,1-3H3,(H,20,21,25). The van der Waals surface area contributed by atoms with E-state index in [9.17, 15) is 4.79 Å². The first-order valence-electron chi connectivity index (χ1n) is 8.18. The van der Waals surface area contributed by atoms with Crippen molar-refractivity contribution in [2.45, 2.75) is 5.16 Å². The molecule has 146 valence electrons. The Morgan fingerprint density at radius 2 is 1.96 bits per heavy atom. The summed E-state index contributed by atoms with van der Waals surface area (Å²) < 4.78 is 13.3. The maximum Gasteiger partial charge on any atom is 0.236 e. The summed E-state index contributed by atoms with van der Waals surface area (Å²) in [5.41, 5.74) is 0.836. The number of aromatic nitrogens is 4. The fourth-order valence-corrected chi connectivity index (χ4v) is 3.37. The minimum Gasteiger partial charge on any atom is -0.493 e. The Kier molecular flexibility index (Phi) is 6.53. The molecule has 2 aromatic heterocycles. The Balaban J connectivity index is 1.67. The number of methoxy groups -OCH3 is 2. The number of halogens is 1. The highest BCUT2D eigenvalue weighted by molar-refractivity contribution is 9.10. The molecule has 0 aliphatic heterocycles. The molecule has 1 aromatic carbocycles. The zero-order chi connectivity index (χ0) is 20.1. The SMILES string of the molecule is COc1ccc(-c2nnc(SCC(=O)Nc3ccc(Br)cn3)n2C)cc1OC. The molecule has 28 heavy (non-hydrogen) atoms. The molecule has 0 saturated carbocycles. The molecule has 1 N–H and O–H groups in total. The van der Waals surface area contributed by atoms with Crippen LogP contribution in [0.15, 0.2) is 46.2 Å². The van der Waals surface area contributed by atoms with Crippen molar-refractivity contribution in [2.75, 3.05) is 25.3 Å². The second-order valence-corrected chi connectivity index (χ2v) is 7.49. The van der Waals surface area contributed by atoms with Crippen LogP contribution in [-0.4, -0.2) is 45.6 Å². The van der Waals surface area contributed by atoms with Crippen LogP contribution >= 0.6 is 27.7 Å². The van der Waals surface area contributed by atoms with Crippen LogP contribution in [0.1, 0.15) is 0 Å². The number of anilines is 1. The number of hydrogen-bond donors (Lipinski definition) is 1. The van der Waals surface area contributed by atoms with Gasteiger partial charge in [-0.25, -0.2) is 4.98 Å². The van der Waals surface area contributed by atoms with Crippen LogP contribution in [-0.2, 0) is 11.8 Å². The van der Waals surface area contributed by atoms with Gasteiger partial charge in [0.15, 0.2) is 22.5 Å². The Labute approximate surface area is 174 Å². The molecular formula is C18H18BrN5O3S. The summed E-state index contributed by atoms with van der Waals surface area (Å²) in [6, 6.07) is 9.07. The molecule has 3 rings (SSSR count). The van der Waals surface area contributed by atoms with Gasteiger partial charge < -0.3 is 19.4 Å². The number of amides is 1. The summed E-state index contributed by atoms with van der Waals surface area (Å²) in [6.07, 6.45) is 1.63. The molecule has 0 aliphatic carbocycles. The molecule has 8 nitrogen and oxygen atoms in total.